The summed E-state index contributed by atoms with van der Waals surface area (Å²) in [4.78, 5) is 4.47. The highest BCUT2D eigenvalue weighted by molar-refractivity contribution is 6.30. The van der Waals surface area contributed by atoms with E-state index in [0.29, 0.717) is 0 Å². The van der Waals surface area contributed by atoms with Gasteiger partial charge in [0, 0.05) is 30.3 Å². The zero-order valence-corrected chi connectivity index (χ0v) is 10.2. The van der Waals surface area contributed by atoms with Crippen LogP contribution in [0.4, 0.5) is 5.69 Å². The average molecular weight is 241 g/mol. The molecule has 16 heavy (non-hydrogen) atoms. The molecule has 0 amide bonds. The fourth-order valence-corrected chi connectivity index (χ4v) is 2.35. The lowest BCUT2D eigenvalue weighted by Gasteiger charge is -2.40. The van der Waals surface area contributed by atoms with Crippen LogP contribution in [-0.2, 0) is 0 Å². The number of hydrogen-bond acceptors (Lipinski definition) is 3. The topological polar surface area (TPSA) is 26.7 Å². The molecule has 3 nitrogen and oxygen atoms in total. The predicted molar refractivity (Wildman–Crippen MR) is 67.2 cm³/mol. The van der Waals surface area contributed by atoms with E-state index >= 15 is 0 Å². The summed E-state index contributed by atoms with van der Waals surface area (Å²) in [5, 5.41) is 10.2. The van der Waals surface area contributed by atoms with Crippen LogP contribution in [0.3, 0.4) is 0 Å². The number of hydrogen-bond donors (Lipinski definition) is 1. The molecular formula is C12H17ClN2O. The van der Waals surface area contributed by atoms with Crippen LogP contribution in [0.1, 0.15) is 0 Å². The van der Waals surface area contributed by atoms with Crippen molar-refractivity contribution in [2.75, 3.05) is 38.2 Å². The van der Waals surface area contributed by atoms with Gasteiger partial charge in [-0.15, -0.1) is 0 Å². The molecule has 2 rings (SSSR count). The summed E-state index contributed by atoms with van der Waals surface area (Å²) in [5.74, 6) is 0. The zero-order valence-electron chi connectivity index (χ0n) is 9.43. The van der Waals surface area contributed by atoms with Gasteiger partial charge in [-0.25, -0.2) is 0 Å². The minimum Gasteiger partial charge on any atom is -0.394 e. The molecule has 1 heterocycles. The molecule has 0 saturated carbocycles. The maximum Gasteiger partial charge on any atom is 0.0648 e. The Balaban J connectivity index is 2.19. The molecule has 1 fully saturated rings. The van der Waals surface area contributed by atoms with Crippen LogP contribution in [0.5, 0.6) is 0 Å². The molecule has 1 aliphatic rings. The molecule has 88 valence electrons. The predicted octanol–water partition coefficient (Wildman–Crippen LogP) is 1.45. The molecule has 1 unspecified atom stereocenters. The second kappa shape index (κ2) is 5.04. The quantitative estimate of drug-likeness (QED) is 0.848. The molecule has 0 radical (unpaired) electrons. The largest absolute Gasteiger partial charge is 0.394 e. The molecule has 0 bridgehead atoms. The van der Waals surface area contributed by atoms with Gasteiger partial charge in [0.1, 0.15) is 0 Å². The molecule has 4 heteroatoms. The highest BCUT2D eigenvalue weighted by Gasteiger charge is 2.24. The maximum atomic E-state index is 9.41. The summed E-state index contributed by atoms with van der Waals surface area (Å²) in [6.07, 6.45) is 0. The minimum absolute atomic E-state index is 0.164. The lowest BCUT2D eigenvalue weighted by Crippen LogP contribution is -2.53. The first kappa shape index (κ1) is 11.7. The van der Waals surface area contributed by atoms with Gasteiger partial charge in [-0.3, -0.25) is 0 Å². The van der Waals surface area contributed by atoms with E-state index in [4.69, 9.17) is 11.6 Å². The third kappa shape index (κ3) is 2.48. The summed E-state index contributed by atoms with van der Waals surface area (Å²) >= 11 is 5.98. The molecule has 0 aliphatic carbocycles. The van der Waals surface area contributed by atoms with Crippen LogP contribution in [0.15, 0.2) is 24.3 Å². The van der Waals surface area contributed by atoms with Gasteiger partial charge >= 0.3 is 0 Å². The standard InChI is InChI=1S/C12H17ClN2O/c1-14-5-6-15(12(8-14)9-16)11-4-2-3-10(13)7-11/h2-4,7,12,16H,5-6,8-9H2,1H3. The van der Waals surface area contributed by atoms with Crippen LogP contribution < -0.4 is 4.90 Å². The zero-order chi connectivity index (χ0) is 11.5. The average Bonchev–Trinajstić information content (AvgIpc) is 2.28. The van der Waals surface area contributed by atoms with E-state index in [1.165, 1.54) is 0 Å². The molecule has 0 aromatic heterocycles. The van der Waals surface area contributed by atoms with Gasteiger partial charge in [0.15, 0.2) is 0 Å². The lowest BCUT2D eigenvalue weighted by molar-refractivity contribution is 0.191. The normalized spacial score (nSPS) is 22.4. The smallest absolute Gasteiger partial charge is 0.0648 e. The molecule has 1 aliphatic heterocycles. The van der Waals surface area contributed by atoms with Gasteiger partial charge in [-0.05, 0) is 25.2 Å². The summed E-state index contributed by atoms with van der Waals surface area (Å²) < 4.78 is 0. The molecule has 0 spiro atoms. The monoisotopic (exact) mass is 240 g/mol. The van der Waals surface area contributed by atoms with Crippen molar-refractivity contribution in [1.82, 2.24) is 4.90 Å². The first-order chi connectivity index (χ1) is 7.70. The Morgan fingerprint density at radius 1 is 1.44 bits per heavy atom. The van der Waals surface area contributed by atoms with Crippen molar-refractivity contribution in [3.8, 4) is 0 Å². The number of halogens is 1. The fourth-order valence-electron chi connectivity index (χ4n) is 2.16. The van der Waals surface area contributed by atoms with Crippen molar-refractivity contribution in [2.24, 2.45) is 0 Å². The first-order valence-electron chi connectivity index (χ1n) is 5.52. The molecule has 1 atom stereocenters. The maximum absolute atomic E-state index is 9.41. The Hall–Kier alpha value is -0.770. The summed E-state index contributed by atoms with van der Waals surface area (Å²) in [6.45, 7) is 3.02. The van der Waals surface area contributed by atoms with Crippen LogP contribution in [0.2, 0.25) is 5.02 Å². The number of aliphatic hydroxyl groups excluding tert-OH is 1. The Labute approximate surface area is 101 Å². The van der Waals surface area contributed by atoms with Crippen LogP contribution >= 0.6 is 11.6 Å². The van der Waals surface area contributed by atoms with Crippen molar-refractivity contribution in [3.05, 3.63) is 29.3 Å². The third-order valence-corrected chi connectivity index (χ3v) is 3.27. The molecule has 1 aromatic carbocycles. The van der Waals surface area contributed by atoms with Gasteiger partial charge in [0.25, 0.3) is 0 Å². The summed E-state index contributed by atoms with van der Waals surface area (Å²) in [7, 11) is 2.08. The number of anilines is 1. The van der Waals surface area contributed by atoms with E-state index < -0.39 is 0 Å². The van der Waals surface area contributed by atoms with Gasteiger partial charge in [0.05, 0.1) is 12.6 Å². The number of piperazine rings is 1. The Bertz CT molecular complexity index is 359. The third-order valence-electron chi connectivity index (χ3n) is 3.04. The first-order valence-corrected chi connectivity index (χ1v) is 5.90. The highest BCUT2D eigenvalue weighted by Crippen LogP contribution is 2.23. The van der Waals surface area contributed by atoms with Crippen LogP contribution in [-0.4, -0.2) is 49.3 Å². The van der Waals surface area contributed by atoms with E-state index in [1.807, 2.05) is 24.3 Å². The molecule has 1 aromatic rings. The molecular weight excluding hydrogens is 224 g/mol. The Morgan fingerprint density at radius 2 is 2.25 bits per heavy atom. The Kier molecular flexibility index (Phi) is 3.69. The Morgan fingerprint density at radius 3 is 2.94 bits per heavy atom. The van der Waals surface area contributed by atoms with Crippen molar-refractivity contribution in [1.29, 1.82) is 0 Å². The van der Waals surface area contributed by atoms with E-state index in [2.05, 4.69) is 16.8 Å². The summed E-state index contributed by atoms with van der Waals surface area (Å²) in [5.41, 5.74) is 1.10. The SMILES string of the molecule is CN1CCN(c2cccc(Cl)c2)C(CO)C1. The number of aliphatic hydroxyl groups is 1. The second-order valence-corrected chi connectivity index (χ2v) is 4.71. The van der Waals surface area contributed by atoms with E-state index in [9.17, 15) is 5.11 Å². The van der Waals surface area contributed by atoms with Gasteiger partial charge in [-0.2, -0.15) is 0 Å². The highest BCUT2D eigenvalue weighted by atomic mass is 35.5. The van der Waals surface area contributed by atoms with Gasteiger partial charge < -0.3 is 14.9 Å². The van der Waals surface area contributed by atoms with Crippen molar-refractivity contribution in [3.63, 3.8) is 0 Å². The van der Waals surface area contributed by atoms with E-state index in [1.54, 1.807) is 0 Å². The van der Waals surface area contributed by atoms with Crippen molar-refractivity contribution in [2.45, 2.75) is 6.04 Å². The van der Waals surface area contributed by atoms with E-state index in [-0.39, 0.29) is 12.6 Å². The number of nitrogens with zero attached hydrogens (tertiary/aromatic N) is 2. The van der Waals surface area contributed by atoms with Gasteiger partial charge in [-0.1, -0.05) is 17.7 Å². The van der Waals surface area contributed by atoms with Crippen LogP contribution in [0, 0.1) is 0 Å². The number of benzene rings is 1. The summed E-state index contributed by atoms with van der Waals surface area (Å²) in [6, 6.07) is 7.98. The second-order valence-electron chi connectivity index (χ2n) is 4.27. The minimum atomic E-state index is 0.164. The van der Waals surface area contributed by atoms with Crippen molar-refractivity contribution < 1.29 is 5.11 Å². The lowest BCUT2D eigenvalue weighted by atomic mass is 10.1. The van der Waals surface area contributed by atoms with Crippen molar-refractivity contribution >= 4 is 17.3 Å². The number of likely N-dealkylation sites (N-methyl/N-ethyl adjacent to an activating group) is 1. The van der Waals surface area contributed by atoms with Gasteiger partial charge in [0.2, 0.25) is 0 Å². The molecule has 1 saturated heterocycles. The fraction of sp³-hybridized carbons (Fsp3) is 0.500. The van der Waals surface area contributed by atoms with E-state index in [0.717, 1.165) is 30.3 Å². The number of rotatable bonds is 2. The molecule has 1 N–H and O–H groups in total. The van der Waals surface area contributed by atoms with Crippen LogP contribution in [0.25, 0.3) is 0 Å².